The summed E-state index contributed by atoms with van der Waals surface area (Å²) in [4.78, 5) is 23.1. The van der Waals surface area contributed by atoms with Crippen LogP contribution in [0.3, 0.4) is 0 Å². The Morgan fingerprint density at radius 1 is 1.16 bits per heavy atom. The number of nitrogens with one attached hydrogen (secondary N) is 1. The predicted molar refractivity (Wildman–Crippen MR) is 103 cm³/mol. The van der Waals surface area contributed by atoms with E-state index in [1.54, 1.807) is 12.3 Å². The molecule has 1 aromatic heterocycles. The molecule has 0 saturated carbocycles. The van der Waals surface area contributed by atoms with Gasteiger partial charge in [0.2, 0.25) is 5.95 Å². The Labute approximate surface area is 150 Å². The predicted octanol–water partition coefficient (Wildman–Crippen LogP) is 4.26. The second-order valence-electron chi connectivity index (χ2n) is 7.30. The summed E-state index contributed by atoms with van der Waals surface area (Å²) in [5.41, 5.74) is 2.45. The lowest BCUT2D eigenvalue weighted by atomic mass is 9.87. The van der Waals surface area contributed by atoms with Crippen molar-refractivity contribution >= 4 is 17.5 Å². The summed E-state index contributed by atoms with van der Waals surface area (Å²) in [6.07, 6.45) is 3.80. The van der Waals surface area contributed by atoms with Gasteiger partial charge in [0, 0.05) is 25.5 Å². The maximum absolute atomic E-state index is 12.5. The molecule has 2 aromatic rings. The summed E-state index contributed by atoms with van der Waals surface area (Å²) >= 11 is 0. The molecular formula is C20H28N4O. The molecule has 0 saturated heterocycles. The molecule has 2 rings (SSSR count). The molecule has 25 heavy (non-hydrogen) atoms. The van der Waals surface area contributed by atoms with Gasteiger partial charge in [-0.1, -0.05) is 46.2 Å². The third-order valence-corrected chi connectivity index (χ3v) is 4.07. The molecule has 0 bridgehead atoms. The molecule has 0 spiro atoms. The van der Waals surface area contributed by atoms with Crippen LogP contribution in [0.4, 0.5) is 11.6 Å². The molecule has 1 heterocycles. The van der Waals surface area contributed by atoms with E-state index in [-0.39, 0.29) is 11.3 Å². The largest absolute Gasteiger partial charge is 0.344 e. The van der Waals surface area contributed by atoms with Crippen molar-refractivity contribution in [2.75, 3.05) is 23.8 Å². The summed E-state index contributed by atoms with van der Waals surface area (Å²) in [7, 11) is 1.94. The van der Waals surface area contributed by atoms with E-state index in [1.165, 1.54) is 5.56 Å². The molecule has 0 aliphatic carbocycles. The normalized spacial score (nSPS) is 11.2. The Morgan fingerprint density at radius 2 is 1.84 bits per heavy atom. The summed E-state index contributed by atoms with van der Waals surface area (Å²) in [5.74, 6) is 0.347. The van der Waals surface area contributed by atoms with Crippen LogP contribution in [-0.2, 0) is 5.41 Å². The number of hydrogen-bond donors (Lipinski definition) is 1. The number of amides is 1. The molecule has 1 N–H and O–H groups in total. The SMILES string of the molecule is CCCCN(C)c1nccc(C(=O)Nc2ccc(C(C)(C)C)cc2)n1. The molecule has 0 atom stereocenters. The topological polar surface area (TPSA) is 58.1 Å². The summed E-state index contributed by atoms with van der Waals surface area (Å²) in [5, 5.41) is 2.90. The molecule has 0 aliphatic heterocycles. The standard InChI is InChI=1S/C20H28N4O/c1-6-7-14-24(5)19-21-13-12-17(23-19)18(25)22-16-10-8-15(9-11-16)20(2,3)4/h8-13H,6-7,14H2,1-5H3,(H,22,25). The Kier molecular flexibility index (Phi) is 6.12. The third kappa shape index (κ3) is 5.28. The number of hydrogen-bond acceptors (Lipinski definition) is 4. The van der Waals surface area contributed by atoms with Crippen molar-refractivity contribution in [3.05, 3.63) is 47.8 Å². The van der Waals surface area contributed by atoms with Crippen molar-refractivity contribution in [3.8, 4) is 0 Å². The number of carbonyl (C=O) groups is 1. The highest BCUT2D eigenvalue weighted by atomic mass is 16.1. The van der Waals surface area contributed by atoms with Crippen molar-refractivity contribution in [3.63, 3.8) is 0 Å². The smallest absolute Gasteiger partial charge is 0.274 e. The van der Waals surface area contributed by atoms with Gasteiger partial charge in [0.25, 0.3) is 5.91 Å². The van der Waals surface area contributed by atoms with E-state index in [0.717, 1.165) is 25.1 Å². The number of aromatic nitrogens is 2. The number of anilines is 2. The van der Waals surface area contributed by atoms with E-state index in [9.17, 15) is 4.79 Å². The van der Waals surface area contributed by atoms with Gasteiger partial charge in [0.05, 0.1) is 0 Å². The van der Waals surface area contributed by atoms with Crippen molar-refractivity contribution in [1.82, 2.24) is 9.97 Å². The highest BCUT2D eigenvalue weighted by Crippen LogP contribution is 2.23. The van der Waals surface area contributed by atoms with Gasteiger partial charge in [-0.05, 0) is 35.6 Å². The van der Waals surface area contributed by atoms with E-state index < -0.39 is 0 Å². The zero-order valence-corrected chi connectivity index (χ0v) is 15.8. The number of nitrogens with zero attached hydrogens (tertiary/aromatic N) is 3. The molecule has 1 aromatic carbocycles. The first-order chi connectivity index (χ1) is 11.8. The number of carbonyl (C=O) groups excluding carboxylic acids is 1. The van der Waals surface area contributed by atoms with Crippen LogP contribution in [0.15, 0.2) is 36.5 Å². The van der Waals surface area contributed by atoms with Crippen LogP contribution in [0.1, 0.15) is 56.6 Å². The Bertz CT molecular complexity index is 704. The van der Waals surface area contributed by atoms with Gasteiger partial charge in [-0.2, -0.15) is 0 Å². The zero-order valence-electron chi connectivity index (χ0n) is 15.8. The first kappa shape index (κ1) is 18.9. The lowest BCUT2D eigenvalue weighted by molar-refractivity contribution is 0.102. The lowest BCUT2D eigenvalue weighted by Crippen LogP contribution is -2.23. The van der Waals surface area contributed by atoms with Crippen LogP contribution in [-0.4, -0.2) is 29.5 Å². The third-order valence-electron chi connectivity index (χ3n) is 4.07. The van der Waals surface area contributed by atoms with Gasteiger partial charge in [-0.15, -0.1) is 0 Å². The monoisotopic (exact) mass is 340 g/mol. The van der Waals surface area contributed by atoms with Gasteiger partial charge in [0.15, 0.2) is 0 Å². The summed E-state index contributed by atoms with van der Waals surface area (Å²) in [6.45, 7) is 9.51. The van der Waals surface area contributed by atoms with Crippen LogP contribution in [0.2, 0.25) is 0 Å². The molecule has 1 amide bonds. The van der Waals surface area contributed by atoms with E-state index in [4.69, 9.17) is 0 Å². The maximum Gasteiger partial charge on any atom is 0.274 e. The number of rotatable bonds is 6. The number of unbranched alkanes of at least 4 members (excludes halogenated alkanes) is 1. The van der Waals surface area contributed by atoms with Gasteiger partial charge < -0.3 is 10.2 Å². The van der Waals surface area contributed by atoms with Gasteiger partial charge in [-0.25, -0.2) is 9.97 Å². The van der Waals surface area contributed by atoms with Crippen molar-refractivity contribution in [2.24, 2.45) is 0 Å². The highest BCUT2D eigenvalue weighted by Gasteiger charge is 2.14. The van der Waals surface area contributed by atoms with Crippen LogP contribution in [0.5, 0.6) is 0 Å². The second-order valence-corrected chi connectivity index (χ2v) is 7.30. The molecule has 0 radical (unpaired) electrons. The minimum Gasteiger partial charge on any atom is -0.344 e. The molecule has 0 fully saturated rings. The quantitative estimate of drug-likeness (QED) is 0.853. The van der Waals surface area contributed by atoms with Crippen molar-refractivity contribution < 1.29 is 4.79 Å². The van der Waals surface area contributed by atoms with Crippen LogP contribution < -0.4 is 10.2 Å². The lowest BCUT2D eigenvalue weighted by Gasteiger charge is -2.19. The Morgan fingerprint density at radius 3 is 2.44 bits per heavy atom. The fourth-order valence-corrected chi connectivity index (χ4v) is 2.40. The van der Waals surface area contributed by atoms with Gasteiger partial charge in [0.1, 0.15) is 5.69 Å². The van der Waals surface area contributed by atoms with Gasteiger partial charge >= 0.3 is 0 Å². The Hall–Kier alpha value is -2.43. The molecule has 0 aliphatic rings. The van der Waals surface area contributed by atoms with Crippen LogP contribution in [0, 0.1) is 0 Å². The zero-order chi connectivity index (χ0) is 18.4. The molecule has 134 valence electrons. The van der Waals surface area contributed by atoms with E-state index in [0.29, 0.717) is 11.6 Å². The highest BCUT2D eigenvalue weighted by molar-refractivity contribution is 6.02. The first-order valence-electron chi connectivity index (χ1n) is 8.77. The number of benzene rings is 1. The minimum absolute atomic E-state index is 0.0904. The Balaban J connectivity index is 2.08. The van der Waals surface area contributed by atoms with E-state index in [1.807, 2.05) is 36.2 Å². The van der Waals surface area contributed by atoms with Gasteiger partial charge in [-0.3, -0.25) is 4.79 Å². The van der Waals surface area contributed by atoms with Crippen LogP contribution >= 0.6 is 0 Å². The van der Waals surface area contributed by atoms with Crippen molar-refractivity contribution in [1.29, 1.82) is 0 Å². The fraction of sp³-hybridized carbons (Fsp3) is 0.450. The summed E-state index contributed by atoms with van der Waals surface area (Å²) in [6, 6.07) is 9.57. The van der Waals surface area contributed by atoms with E-state index in [2.05, 4.69) is 43.0 Å². The second kappa shape index (κ2) is 8.10. The average Bonchev–Trinajstić information content (AvgIpc) is 2.59. The minimum atomic E-state index is -0.226. The maximum atomic E-state index is 12.5. The van der Waals surface area contributed by atoms with Crippen LogP contribution in [0.25, 0.3) is 0 Å². The van der Waals surface area contributed by atoms with Crippen molar-refractivity contribution in [2.45, 2.75) is 46.0 Å². The molecule has 0 unspecified atom stereocenters. The molecule has 5 nitrogen and oxygen atoms in total. The first-order valence-corrected chi connectivity index (χ1v) is 8.77. The molecular weight excluding hydrogens is 312 g/mol. The summed E-state index contributed by atoms with van der Waals surface area (Å²) < 4.78 is 0. The molecule has 5 heteroatoms. The average molecular weight is 340 g/mol. The van der Waals surface area contributed by atoms with E-state index >= 15 is 0 Å². The fourth-order valence-electron chi connectivity index (χ4n) is 2.40.